The molecule has 182 valence electrons. The number of piperazine rings is 1. The Morgan fingerprint density at radius 2 is 1.91 bits per heavy atom. The van der Waals surface area contributed by atoms with E-state index >= 15 is 0 Å². The number of carbonyl (C=O) groups excluding carboxylic acids is 3. The zero-order chi connectivity index (χ0) is 24.5. The molecule has 0 bridgehead atoms. The fraction of sp³-hybridized carbons (Fsp3) is 0.417. The summed E-state index contributed by atoms with van der Waals surface area (Å²) in [6.07, 6.45) is 0.660. The third-order valence-corrected chi connectivity index (χ3v) is 5.53. The van der Waals surface area contributed by atoms with E-state index in [-0.39, 0.29) is 13.0 Å². The number of carboxylic acids is 1. The lowest BCUT2D eigenvalue weighted by molar-refractivity contribution is -0.137. The van der Waals surface area contributed by atoms with E-state index in [0.29, 0.717) is 56.9 Å². The first kappa shape index (κ1) is 25.0. The van der Waals surface area contributed by atoms with Gasteiger partial charge in [-0.2, -0.15) is 0 Å². The van der Waals surface area contributed by atoms with Gasteiger partial charge < -0.3 is 29.6 Å². The van der Waals surface area contributed by atoms with Crippen LogP contribution in [0.15, 0.2) is 36.4 Å². The van der Waals surface area contributed by atoms with Crippen LogP contribution in [0.25, 0.3) is 10.8 Å². The van der Waals surface area contributed by atoms with Crippen molar-refractivity contribution in [2.75, 3.05) is 44.7 Å². The first-order valence-corrected chi connectivity index (χ1v) is 11.2. The first-order valence-electron chi connectivity index (χ1n) is 11.2. The molecular formula is C24H29N3O7. The largest absolute Gasteiger partial charge is 0.493 e. The number of nitrogens with zero attached hydrogens (tertiary/aromatic N) is 2. The summed E-state index contributed by atoms with van der Waals surface area (Å²) < 4.78 is 10.7. The fourth-order valence-corrected chi connectivity index (χ4v) is 3.79. The van der Waals surface area contributed by atoms with Crippen LogP contribution < -0.4 is 10.1 Å². The van der Waals surface area contributed by atoms with Gasteiger partial charge in [-0.15, -0.1) is 0 Å². The Labute approximate surface area is 197 Å². The number of hydrogen-bond acceptors (Lipinski definition) is 7. The molecule has 1 unspecified atom stereocenters. The molecule has 1 heterocycles. The van der Waals surface area contributed by atoms with Gasteiger partial charge in [0, 0.05) is 43.7 Å². The number of anilines is 1. The van der Waals surface area contributed by atoms with Crippen molar-refractivity contribution >= 4 is 40.7 Å². The molecule has 2 N–H and O–H groups in total. The summed E-state index contributed by atoms with van der Waals surface area (Å²) in [5.41, 5.74) is 0.539. The number of amides is 2. The predicted octanol–water partition coefficient (Wildman–Crippen LogP) is 2.36. The van der Waals surface area contributed by atoms with Crippen LogP contribution in [0, 0.1) is 0 Å². The number of rotatable bonds is 10. The molecule has 1 atom stereocenters. The Hall–Kier alpha value is -3.66. The number of aliphatic carboxylic acids is 1. The fourth-order valence-electron chi connectivity index (χ4n) is 3.79. The summed E-state index contributed by atoms with van der Waals surface area (Å²) in [4.78, 5) is 50.4. The van der Waals surface area contributed by atoms with Crippen LogP contribution >= 0.6 is 0 Å². The second kappa shape index (κ2) is 12.0. The molecule has 1 fully saturated rings. The van der Waals surface area contributed by atoms with Crippen molar-refractivity contribution in [1.82, 2.24) is 9.80 Å². The third-order valence-electron chi connectivity index (χ3n) is 5.53. The maximum atomic E-state index is 12.8. The van der Waals surface area contributed by atoms with Gasteiger partial charge in [0.2, 0.25) is 5.91 Å². The zero-order valence-electron chi connectivity index (χ0n) is 19.1. The van der Waals surface area contributed by atoms with E-state index in [1.807, 2.05) is 18.2 Å². The van der Waals surface area contributed by atoms with Crippen LogP contribution in [0.2, 0.25) is 0 Å². The maximum absolute atomic E-state index is 12.8. The number of carboxylic acid groups (broad SMARTS) is 1. The van der Waals surface area contributed by atoms with Crippen LogP contribution in [-0.2, 0) is 19.1 Å². The average Bonchev–Trinajstić information content (AvgIpc) is 2.82. The summed E-state index contributed by atoms with van der Waals surface area (Å²) in [6.45, 7) is 3.84. The topological polar surface area (TPSA) is 125 Å². The quantitative estimate of drug-likeness (QED) is 0.307. The number of benzene rings is 2. The molecule has 34 heavy (non-hydrogen) atoms. The minimum atomic E-state index is -0.969. The second-order valence-corrected chi connectivity index (χ2v) is 7.83. The van der Waals surface area contributed by atoms with Crippen LogP contribution in [-0.4, -0.2) is 84.6 Å². The second-order valence-electron chi connectivity index (χ2n) is 7.83. The Bertz CT molecular complexity index is 1030. The highest BCUT2D eigenvalue weighted by atomic mass is 16.6. The van der Waals surface area contributed by atoms with Gasteiger partial charge >= 0.3 is 12.1 Å². The number of nitrogens with one attached hydrogen (secondary N) is 1. The van der Waals surface area contributed by atoms with Crippen molar-refractivity contribution in [2.45, 2.75) is 25.8 Å². The van der Waals surface area contributed by atoms with Gasteiger partial charge in [-0.3, -0.25) is 14.5 Å². The summed E-state index contributed by atoms with van der Waals surface area (Å²) in [5.74, 6) is -0.678. The molecule has 0 aliphatic carbocycles. The van der Waals surface area contributed by atoms with Gasteiger partial charge in [-0.05, 0) is 43.0 Å². The number of hydrogen-bond donors (Lipinski definition) is 2. The van der Waals surface area contributed by atoms with Gasteiger partial charge in [0.15, 0.2) is 0 Å². The third kappa shape index (κ3) is 6.44. The van der Waals surface area contributed by atoms with E-state index in [4.69, 9.17) is 14.6 Å². The molecule has 0 radical (unpaired) electrons. The number of carbonyl (C=O) groups is 4. The predicted molar refractivity (Wildman–Crippen MR) is 125 cm³/mol. The highest BCUT2D eigenvalue weighted by molar-refractivity contribution is 6.05. The molecule has 0 aromatic heterocycles. The lowest BCUT2D eigenvalue weighted by atomic mass is 10.1. The van der Waals surface area contributed by atoms with E-state index in [1.165, 1.54) is 0 Å². The summed E-state index contributed by atoms with van der Waals surface area (Å²) in [5, 5.41) is 13.2. The van der Waals surface area contributed by atoms with Gasteiger partial charge in [0.05, 0.1) is 13.2 Å². The van der Waals surface area contributed by atoms with Gasteiger partial charge in [-0.25, -0.2) is 4.79 Å². The number of fused-ring (bicyclic) bond motifs is 1. The average molecular weight is 472 g/mol. The zero-order valence-corrected chi connectivity index (χ0v) is 19.1. The lowest BCUT2D eigenvalue weighted by Crippen LogP contribution is -2.55. The normalized spacial score (nSPS) is 14.9. The summed E-state index contributed by atoms with van der Waals surface area (Å²) >= 11 is 0. The van der Waals surface area contributed by atoms with Crippen LogP contribution in [0.1, 0.15) is 19.8 Å². The summed E-state index contributed by atoms with van der Waals surface area (Å²) in [7, 11) is 0. The molecule has 1 aliphatic heterocycles. The van der Waals surface area contributed by atoms with E-state index in [9.17, 15) is 19.2 Å². The smallest absolute Gasteiger partial charge is 0.409 e. The van der Waals surface area contributed by atoms with Crippen molar-refractivity contribution in [3.05, 3.63) is 36.4 Å². The molecule has 10 nitrogen and oxygen atoms in total. The molecule has 2 aromatic rings. The Morgan fingerprint density at radius 3 is 2.59 bits per heavy atom. The first-order chi connectivity index (χ1) is 16.4. The highest BCUT2D eigenvalue weighted by Crippen LogP contribution is 2.28. The Morgan fingerprint density at radius 1 is 1.15 bits per heavy atom. The molecule has 0 saturated carbocycles. The molecule has 2 amide bonds. The van der Waals surface area contributed by atoms with Crippen LogP contribution in [0.3, 0.4) is 0 Å². The molecule has 1 saturated heterocycles. The standard InChI is InChI=1S/C24H29N3O7/c1-2-33-24(32)27-12-10-26(11-13-27)20(16-28)23(31)25-18-8-9-19-17(15-18)5-3-6-21(19)34-14-4-7-22(29)30/h3,5-6,8-9,15-16,20H,2,4,7,10-14H2,1H3,(H,25,31)(H,29,30). The minimum Gasteiger partial charge on any atom is -0.493 e. The van der Waals surface area contributed by atoms with Crippen molar-refractivity contribution < 1.29 is 33.8 Å². The molecule has 0 spiro atoms. The molecule has 1 aliphatic rings. The van der Waals surface area contributed by atoms with Crippen molar-refractivity contribution in [1.29, 1.82) is 0 Å². The van der Waals surface area contributed by atoms with Gasteiger partial charge in [0.25, 0.3) is 0 Å². The van der Waals surface area contributed by atoms with Gasteiger partial charge in [0.1, 0.15) is 18.1 Å². The van der Waals surface area contributed by atoms with E-state index in [2.05, 4.69) is 5.32 Å². The monoisotopic (exact) mass is 471 g/mol. The van der Waals surface area contributed by atoms with Gasteiger partial charge in [-0.1, -0.05) is 12.1 Å². The van der Waals surface area contributed by atoms with E-state index in [1.54, 1.807) is 34.9 Å². The lowest BCUT2D eigenvalue weighted by Gasteiger charge is -2.36. The maximum Gasteiger partial charge on any atom is 0.409 e. The van der Waals surface area contributed by atoms with Crippen molar-refractivity contribution in [3.63, 3.8) is 0 Å². The molecule has 3 rings (SSSR count). The molecule has 2 aromatic carbocycles. The Balaban J connectivity index is 1.61. The molecular weight excluding hydrogens is 442 g/mol. The Kier molecular flexibility index (Phi) is 8.80. The van der Waals surface area contributed by atoms with E-state index < -0.39 is 24.0 Å². The molecule has 10 heteroatoms. The van der Waals surface area contributed by atoms with Crippen LogP contribution in [0.4, 0.5) is 10.5 Å². The van der Waals surface area contributed by atoms with Crippen molar-refractivity contribution in [3.8, 4) is 5.75 Å². The SMILES string of the molecule is CCOC(=O)N1CCN(C(C=O)C(=O)Nc2ccc3c(OCCCC(=O)O)cccc3c2)CC1. The number of ether oxygens (including phenoxy) is 2. The van der Waals surface area contributed by atoms with Crippen LogP contribution in [0.5, 0.6) is 5.75 Å². The summed E-state index contributed by atoms with van der Waals surface area (Å²) in [6, 6.07) is 9.86. The van der Waals surface area contributed by atoms with Crippen molar-refractivity contribution in [2.24, 2.45) is 0 Å². The van der Waals surface area contributed by atoms with E-state index in [0.717, 1.165) is 10.8 Å². The highest BCUT2D eigenvalue weighted by Gasteiger charge is 2.30. The number of aldehydes is 1. The minimum absolute atomic E-state index is 0.0384.